The molecule has 1 amide bonds. The predicted molar refractivity (Wildman–Crippen MR) is 112 cm³/mol. The van der Waals surface area contributed by atoms with E-state index < -0.39 is 5.97 Å². The van der Waals surface area contributed by atoms with Crippen molar-refractivity contribution in [2.75, 3.05) is 18.2 Å². The van der Waals surface area contributed by atoms with Crippen LogP contribution >= 0.6 is 23.1 Å². The van der Waals surface area contributed by atoms with Gasteiger partial charge in [-0.3, -0.25) is 4.79 Å². The van der Waals surface area contributed by atoms with Crippen molar-refractivity contribution in [2.24, 2.45) is 0 Å². The molecular formula is C21H19NO3S2. The van der Waals surface area contributed by atoms with Crippen molar-refractivity contribution in [3.63, 3.8) is 0 Å². The number of benzene rings is 2. The largest absolute Gasteiger partial charge is 0.465 e. The van der Waals surface area contributed by atoms with Gasteiger partial charge >= 0.3 is 5.97 Å². The van der Waals surface area contributed by atoms with E-state index in [9.17, 15) is 9.59 Å². The Morgan fingerprint density at radius 1 is 1.04 bits per heavy atom. The van der Waals surface area contributed by atoms with Crippen LogP contribution in [0.2, 0.25) is 0 Å². The summed E-state index contributed by atoms with van der Waals surface area (Å²) < 4.78 is 4.86. The Bertz CT molecular complexity index is 908. The highest BCUT2D eigenvalue weighted by atomic mass is 32.2. The Kier molecular flexibility index (Phi) is 6.68. The number of ether oxygens (including phenoxy) is 1. The SMILES string of the molecule is COC(=O)c1sc(-c2ccccc2)cc1NC(=O)CCSc1ccccc1. The van der Waals surface area contributed by atoms with Crippen molar-refractivity contribution in [3.05, 3.63) is 71.6 Å². The summed E-state index contributed by atoms with van der Waals surface area (Å²) in [5, 5.41) is 2.86. The van der Waals surface area contributed by atoms with Gasteiger partial charge in [-0.25, -0.2) is 4.79 Å². The number of hydrogen-bond donors (Lipinski definition) is 1. The average molecular weight is 398 g/mol. The van der Waals surface area contributed by atoms with Crippen LogP contribution in [0.1, 0.15) is 16.1 Å². The van der Waals surface area contributed by atoms with Gasteiger partial charge in [0.25, 0.3) is 0 Å². The molecular weight excluding hydrogens is 378 g/mol. The van der Waals surface area contributed by atoms with Gasteiger partial charge in [0.05, 0.1) is 12.8 Å². The third kappa shape index (κ3) is 5.21. The number of thioether (sulfide) groups is 1. The molecule has 6 heteroatoms. The highest BCUT2D eigenvalue weighted by molar-refractivity contribution is 7.99. The number of thiophene rings is 1. The average Bonchev–Trinajstić information content (AvgIpc) is 3.12. The minimum atomic E-state index is -0.448. The Hall–Kier alpha value is -2.57. The summed E-state index contributed by atoms with van der Waals surface area (Å²) in [5.41, 5.74) is 1.49. The first-order chi connectivity index (χ1) is 13.2. The van der Waals surface area contributed by atoms with Crippen LogP contribution in [-0.4, -0.2) is 24.7 Å². The number of nitrogens with one attached hydrogen (secondary N) is 1. The molecule has 0 saturated carbocycles. The number of esters is 1. The maximum atomic E-state index is 12.3. The normalized spacial score (nSPS) is 10.4. The molecule has 1 N–H and O–H groups in total. The molecule has 2 aromatic carbocycles. The second-order valence-electron chi connectivity index (χ2n) is 5.67. The number of carbonyl (C=O) groups is 2. The van der Waals surface area contributed by atoms with Gasteiger partial charge in [0.1, 0.15) is 4.88 Å². The lowest BCUT2D eigenvalue weighted by Gasteiger charge is -2.05. The molecule has 1 heterocycles. The van der Waals surface area contributed by atoms with Gasteiger partial charge in [-0.05, 0) is 23.8 Å². The Balaban J connectivity index is 1.68. The van der Waals surface area contributed by atoms with Crippen molar-refractivity contribution in [1.29, 1.82) is 0 Å². The van der Waals surface area contributed by atoms with Crippen molar-refractivity contribution in [1.82, 2.24) is 0 Å². The molecule has 3 rings (SSSR count). The lowest BCUT2D eigenvalue weighted by atomic mass is 10.2. The molecule has 0 radical (unpaired) electrons. The molecule has 3 aromatic rings. The van der Waals surface area contributed by atoms with Crippen LogP contribution in [0.15, 0.2) is 71.6 Å². The van der Waals surface area contributed by atoms with Gasteiger partial charge in [0.2, 0.25) is 5.91 Å². The van der Waals surface area contributed by atoms with E-state index in [2.05, 4.69) is 5.32 Å². The molecule has 0 aliphatic rings. The molecule has 0 aliphatic heterocycles. The first-order valence-electron chi connectivity index (χ1n) is 8.42. The van der Waals surface area contributed by atoms with E-state index in [4.69, 9.17) is 4.74 Å². The topological polar surface area (TPSA) is 55.4 Å². The van der Waals surface area contributed by atoms with Gasteiger partial charge in [0, 0.05) is 21.9 Å². The van der Waals surface area contributed by atoms with Crippen molar-refractivity contribution < 1.29 is 14.3 Å². The van der Waals surface area contributed by atoms with Crippen LogP contribution in [0.25, 0.3) is 10.4 Å². The van der Waals surface area contributed by atoms with Crippen LogP contribution in [0.5, 0.6) is 0 Å². The first kappa shape index (κ1) is 19.2. The summed E-state index contributed by atoms with van der Waals surface area (Å²) >= 11 is 2.94. The zero-order chi connectivity index (χ0) is 19.1. The Morgan fingerprint density at radius 2 is 1.70 bits per heavy atom. The molecule has 0 spiro atoms. The van der Waals surface area contributed by atoms with Crippen LogP contribution in [0.4, 0.5) is 5.69 Å². The molecule has 27 heavy (non-hydrogen) atoms. The van der Waals surface area contributed by atoms with Gasteiger partial charge in [-0.2, -0.15) is 0 Å². The van der Waals surface area contributed by atoms with E-state index in [1.807, 2.05) is 66.7 Å². The maximum absolute atomic E-state index is 12.3. The lowest BCUT2D eigenvalue weighted by molar-refractivity contribution is -0.115. The highest BCUT2D eigenvalue weighted by Crippen LogP contribution is 2.35. The monoisotopic (exact) mass is 397 g/mol. The summed E-state index contributed by atoms with van der Waals surface area (Å²) in [4.78, 5) is 26.9. The van der Waals surface area contributed by atoms with E-state index in [0.717, 1.165) is 15.3 Å². The number of methoxy groups -OCH3 is 1. The maximum Gasteiger partial charge on any atom is 0.350 e. The van der Waals surface area contributed by atoms with Crippen molar-refractivity contribution in [3.8, 4) is 10.4 Å². The van der Waals surface area contributed by atoms with Gasteiger partial charge in [-0.1, -0.05) is 48.5 Å². The molecule has 0 saturated heterocycles. The second-order valence-corrected chi connectivity index (χ2v) is 7.89. The first-order valence-corrected chi connectivity index (χ1v) is 10.2. The van der Waals surface area contributed by atoms with E-state index in [0.29, 0.717) is 22.7 Å². The zero-order valence-corrected chi connectivity index (χ0v) is 16.4. The van der Waals surface area contributed by atoms with Crippen LogP contribution < -0.4 is 5.32 Å². The lowest BCUT2D eigenvalue weighted by Crippen LogP contribution is -2.14. The molecule has 0 fully saturated rings. The smallest absolute Gasteiger partial charge is 0.350 e. The second kappa shape index (κ2) is 9.39. The number of carbonyl (C=O) groups excluding carboxylic acids is 2. The van der Waals surface area contributed by atoms with E-state index in [1.54, 1.807) is 11.8 Å². The quantitative estimate of drug-likeness (QED) is 0.433. The summed E-state index contributed by atoms with van der Waals surface area (Å²) in [7, 11) is 1.34. The molecule has 0 aliphatic carbocycles. The molecule has 4 nitrogen and oxygen atoms in total. The zero-order valence-electron chi connectivity index (χ0n) is 14.8. The predicted octanol–water partition coefficient (Wildman–Crippen LogP) is 5.32. The fourth-order valence-corrected chi connectivity index (χ4v) is 4.37. The highest BCUT2D eigenvalue weighted by Gasteiger charge is 2.19. The summed E-state index contributed by atoms with van der Waals surface area (Å²) in [6, 6.07) is 21.5. The fraction of sp³-hybridized carbons (Fsp3) is 0.143. The number of anilines is 1. The van der Waals surface area contributed by atoms with Crippen LogP contribution in [0.3, 0.4) is 0 Å². The van der Waals surface area contributed by atoms with Crippen molar-refractivity contribution >= 4 is 40.7 Å². The van der Waals surface area contributed by atoms with Gasteiger partial charge in [-0.15, -0.1) is 23.1 Å². The molecule has 0 atom stereocenters. The van der Waals surface area contributed by atoms with Gasteiger partial charge < -0.3 is 10.1 Å². The molecule has 0 bridgehead atoms. The number of amides is 1. The van der Waals surface area contributed by atoms with E-state index >= 15 is 0 Å². The van der Waals surface area contributed by atoms with Crippen LogP contribution in [0, 0.1) is 0 Å². The summed E-state index contributed by atoms with van der Waals surface area (Å²) in [6.45, 7) is 0. The Morgan fingerprint density at radius 3 is 2.37 bits per heavy atom. The van der Waals surface area contributed by atoms with Crippen LogP contribution in [-0.2, 0) is 9.53 Å². The third-order valence-electron chi connectivity index (χ3n) is 3.78. The summed E-state index contributed by atoms with van der Waals surface area (Å²) in [5.74, 6) is 0.0937. The number of rotatable bonds is 7. The standard InChI is InChI=1S/C21H19NO3S2/c1-25-21(24)20-17(14-18(27-20)15-8-4-2-5-9-15)22-19(23)12-13-26-16-10-6-3-7-11-16/h2-11,14H,12-13H2,1H3,(H,22,23). The van der Waals surface area contributed by atoms with Gasteiger partial charge in [0.15, 0.2) is 0 Å². The minimum absolute atomic E-state index is 0.124. The van der Waals surface area contributed by atoms with E-state index in [-0.39, 0.29) is 5.91 Å². The summed E-state index contributed by atoms with van der Waals surface area (Å²) in [6.07, 6.45) is 0.358. The molecule has 1 aromatic heterocycles. The minimum Gasteiger partial charge on any atom is -0.465 e. The Labute approximate surface area is 166 Å². The fourth-order valence-electron chi connectivity index (χ4n) is 2.46. The number of hydrogen-bond acceptors (Lipinski definition) is 5. The van der Waals surface area contributed by atoms with Crippen molar-refractivity contribution in [2.45, 2.75) is 11.3 Å². The molecule has 0 unspecified atom stereocenters. The van der Waals surface area contributed by atoms with E-state index in [1.165, 1.54) is 18.4 Å². The molecule has 138 valence electrons. The third-order valence-corrected chi connectivity index (χ3v) is 5.95.